The molecule has 2 fully saturated rings. The maximum atomic E-state index is 10.4. The lowest BCUT2D eigenvalue weighted by Crippen LogP contribution is -2.45. The van der Waals surface area contributed by atoms with Crippen LogP contribution in [0.2, 0.25) is 0 Å². The van der Waals surface area contributed by atoms with Gasteiger partial charge < -0.3 is 15.2 Å². The molecule has 1 aliphatic carbocycles. The van der Waals surface area contributed by atoms with Gasteiger partial charge in [-0.25, -0.2) is 0 Å². The highest BCUT2D eigenvalue weighted by molar-refractivity contribution is 5.66. The Morgan fingerprint density at radius 3 is 2.88 bits per heavy atom. The van der Waals surface area contributed by atoms with E-state index in [0.29, 0.717) is 6.04 Å². The molecular formula is C13H23NO3. The minimum Gasteiger partial charge on any atom is -0.481 e. The van der Waals surface area contributed by atoms with Gasteiger partial charge in [0.25, 0.3) is 0 Å². The SMILES string of the molecule is O=C(O)CCCNC1CCOC2(CCCC2)C1. The molecule has 1 aliphatic heterocycles. The van der Waals surface area contributed by atoms with Gasteiger partial charge in [-0.15, -0.1) is 0 Å². The second-order valence-electron chi connectivity index (χ2n) is 5.38. The topological polar surface area (TPSA) is 58.6 Å². The maximum Gasteiger partial charge on any atom is 0.303 e. The molecule has 0 aromatic carbocycles. The summed E-state index contributed by atoms with van der Waals surface area (Å²) in [6.45, 7) is 1.67. The normalized spacial score (nSPS) is 27.4. The first-order valence-electron chi connectivity index (χ1n) is 6.79. The maximum absolute atomic E-state index is 10.4. The van der Waals surface area contributed by atoms with E-state index in [0.717, 1.165) is 32.4 Å². The Labute approximate surface area is 103 Å². The van der Waals surface area contributed by atoms with Crippen molar-refractivity contribution in [3.8, 4) is 0 Å². The minimum absolute atomic E-state index is 0.155. The van der Waals surface area contributed by atoms with E-state index < -0.39 is 5.97 Å². The van der Waals surface area contributed by atoms with Gasteiger partial charge >= 0.3 is 5.97 Å². The summed E-state index contributed by atoms with van der Waals surface area (Å²) in [5.41, 5.74) is 0.155. The summed E-state index contributed by atoms with van der Waals surface area (Å²) in [6.07, 6.45) is 8.17. The van der Waals surface area contributed by atoms with Crippen molar-refractivity contribution in [2.75, 3.05) is 13.2 Å². The molecule has 1 saturated heterocycles. The first-order valence-corrected chi connectivity index (χ1v) is 6.79. The molecule has 1 atom stereocenters. The van der Waals surface area contributed by atoms with Gasteiger partial charge in [0.05, 0.1) is 5.60 Å². The molecule has 4 heteroatoms. The summed E-state index contributed by atoms with van der Waals surface area (Å²) in [6, 6.07) is 0.524. The third kappa shape index (κ3) is 3.68. The molecule has 2 aliphatic rings. The van der Waals surface area contributed by atoms with E-state index >= 15 is 0 Å². The van der Waals surface area contributed by atoms with Crippen LogP contribution in [0.3, 0.4) is 0 Å². The third-order valence-electron chi connectivity index (χ3n) is 4.01. The van der Waals surface area contributed by atoms with Crippen molar-refractivity contribution in [2.24, 2.45) is 0 Å². The first-order chi connectivity index (χ1) is 8.20. The van der Waals surface area contributed by atoms with Crippen molar-refractivity contribution in [3.63, 3.8) is 0 Å². The fourth-order valence-electron chi connectivity index (χ4n) is 3.12. The second kappa shape index (κ2) is 5.83. The Morgan fingerprint density at radius 2 is 2.18 bits per heavy atom. The molecule has 0 aromatic heterocycles. The van der Waals surface area contributed by atoms with Gasteiger partial charge in [-0.2, -0.15) is 0 Å². The van der Waals surface area contributed by atoms with Crippen LogP contribution < -0.4 is 5.32 Å². The van der Waals surface area contributed by atoms with Crippen LogP contribution in [-0.4, -0.2) is 35.9 Å². The molecule has 0 aromatic rings. The zero-order valence-corrected chi connectivity index (χ0v) is 10.4. The minimum atomic E-state index is -0.703. The van der Waals surface area contributed by atoms with Crippen LogP contribution in [0, 0.1) is 0 Å². The summed E-state index contributed by atoms with van der Waals surface area (Å²) in [4.78, 5) is 10.4. The van der Waals surface area contributed by atoms with Crippen molar-refractivity contribution in [3.05, 3.63) is 0 Å². The standard InChI is InChI=1S/C13H23NO3/c15-12(16)4-3-8-14-11-5-9-17-13(10-11)6-1-2-7-13/h11,14H,1-10H2,(H,15,16). The number of carboxylic acid groups (broad SMARTS) is 1. The van der Waals surface area contributed by atoms with Crippen LogP contribution in [0.5, 0.6) is 0 Å². The lowest BCUT2D eigenvalue weighted by Gasteiger charge is -2.38. The summed E-state index contributed by atoms with van der Waals surface area (Å²) in [5, 5.41) is 12.1. The van der Waals surface area contributed by atoms with Crippen LogP contribution in [0.1, 0.15) is 51.4 Å². The zero-order chi connectivity index (χ0) is 12.1. The van der Waals surface area contributed by atoms with Crippen molar-refractivity contribution in [1.29, 1.82) is 0 Å². The second-order valence-corrected chi connectivity index (χ2v) is 5.38. The lowest BCUT2D eigenvalue weighted by atomic mass is 9.89. The average molecular weight is 241 g/mol. The molecular weight excluding hydrogens is 218 g/mol. The first kappa shape index (κ1) is 12.8. The van der Waals surface area contributed by atoms with E-state index in [4.69, 9.17) is 9.84 Å². The van der Waals surface area contributed by atoms with Crippen molar-refractivity contribution < 1.29 is 14.6 Å². The predicted octanol–water partition coefficient (Wildman–Crippen LogP) is 1.93. The Balaban J connectivity index is 1.68. The van der Waals surface area contributed by atoms with Crippen LogP contribution in [0.25, 0.3) is 0 Å². The van der Waals surface area contributed by atoms with E-state index in [1.165, 1.54) is 25.7 Å². The van der Waals surface area contributed by atoms with Crippen LogP contribution >= 0.6 is 0 Å². The zero-order valence-electron chi connectivity index (χ0n) is 10.4. The number of carbonyl (C=O) groups is 1. The number of hydrogen-bond donors (Lipinski definition) is 2. The lowest BCUT2D eigenvalue weighted by molar-refractivity contribution is -0.137. The Bertz CT molecular complexity index is 261. The number of ether oxygens (including phenoxy) is 1. The summed E-state index contributed by atoms with van der Waals surface area (Å²) < 4.78 is 5.97. The molecule has 1 heterocycles. The number of nitrogens with one attached hydrogen (secondary N) is 1. The Hall–Kier alpha value is -0.610. The molecule has 2 N–H and O–H groups in total. The molecule has 0 amide bonds. The van der Waals surface area contributed by atoms with E-state index in [2.05, 4.69) is 5.32 Å². The fourth-order valence-corrected chi connectivity index (χ4v) is 3.12. The fraction of sp³-hybridized carbons (Fsp3) is 0.923. The molecule has 0 bridgehead atoms. The highest BCUT2D eigenvalue weighted by Gasteiger charge is 2.39. The number of hydrogen-bond acceptors (Lipinski definition) is 3. The summed E-state index contributed by atoms with van der Waals surface area (Å²) in [7, 11) is 0. The summed E-state index contributed by atoms with van der Waals surface area (Å²) >= 11 is 0. The van der Waals surface area contributed by atoms with E-state index in [1.807, 2.05) is 0 Å². The van der Waals surface area contributed by atoms with Gasteiger partial charge in [0.15, 0.2) is 0 Å². The van der Waals surface area contributed by atoms with E-state index in [9.17, 15) is 4.79 Å². The van der Waals surface area contributed by atoms with Crippen LogP contribution in [-0.2, 0) is 9.53 Å². The van der Waals surface area contributed by atoms with Gasteiger partial charge in [-0.05, 0) is 38.6 Å². The largest absolute Gasteiger partial charge is 0.481 e. The van der Waals surface area contributed by atoms with E-state index in [-0.39, 0.29) is 12.0 Å². The van der Waals surface area contributed by atoms with Crippen molar-refractivity contribution >= 4 is 5.97 Å². The van der Waals surface area contributed by atoms with Gasteiger partial charge in [0, 0.05) is 19.1 Å². The van der Waals surface area contributed by atoms with Gasteiger partial charge in [0.1, 0.15) is 0 Å². The number of aliphatic carboxylic acids is 1. The highest BCUT2D eigenvalue weighted by atomic mass is 16.5. The van der Waals surface area contributed by atoms with Gasteiger partial charge in [-0.3, -0.25) is 4.79 Å². The Morgan fingerprint density at radius 1 is 1.41 bits per heavy atom. The van der Waals surface area contributed by atoms with E-state index in [1.54, 1.807) is 0 Å². The average Bonchev–Trinajstić information content (AvgIpc) is 2.73. The molecule has 0 radical (unpaired) electrons. The highest BCUT2D eigenvalue weighted by Crippen LogP contribution is 2.39. The van der Waals surface area contributed by atoms with Crippen LogP contribution in [0.15, 0.2) is 0 Å². The third-order valence-corrected chi connectivity index (χ3v) is 4.01. The molecule has 1 unspecified atom stereocenters. The molecule has 1 spiro atoms. The number of carboxylic acids is 1. The predicted molar refractivity (Wildman–Crippen MR) is 65.0 cm³/mol. The quantitative estimate of drug-likeness (QED) is 0.722. The summed E-state index contributed by atoms with van der Waals surface area (Å²) in [5.74, 6) is -0.703. The monoisotopic (exact) mass is 241 g/mol. The Kier molecular flexibility index (Phi) is 4.40. The number of rotatable bonds is 5. The molecule has 2 rings (SSSR count). The molecule has 17 heavy (non-hydrogen) atoms. The van der Waals surface area contributed by atoms with Gasteiger partial charge in [-0.1, -0.05) is 12.8 Å². The van der Waals surface area contributed by atoms with Crippen molar-refractivity contribution in [1.82, 2.24) is 5.32 Å². The molecule has 98 valence electrons. The van der Waals surface area contributed by atoms with Crippen molar-refractivity contribution in [2.45, 2.75) is 63.0 Å². The van der Waals surface area contributed by atoms with Crippen LogP contribution in [0.4, 0.5) is 0 Å². The molecule has 4 nitrogen and oxygen atoms in total. The van der Waals surface area contributed by atoms with Gasteiger partial charge in [0.2, 0.25) is 0 Å². The molecule has 1 saturated carbocycles. The smallest absolute Gasteiger partial charge is 0.303 e.